The maximum atomic E-state index is 11.0. The second-order valence-corrected chi connectivity index (χ2v) is 2.95. The lowest BCUT2D eigenvalue weighted by Crippen LogP contribution is -2.19. The second-order valence-electron chi connectivity index (χ2n) is 2.95. The van der Waals surface area contributed by atoms with Gasteiger partial charge in [0.1, 0.15) is 12.1 Å². The van der Waals surface area contributed by atoms with E-state index in [4.69, 9.17) is 17.2 Å². The highest BCUT2D eigenvalue weighted by atomic mass is 16.1. The van der Waals surface area contributed by atoms with Gasteiger partial charge in [-0.25, -0.2) is 4.98 Å². The van der Waals surface area contributed by atoms with Crippen LogP contribution in [0.15, 0.2) is 6.33 Å². The van der Waals surface area contributed by atoms with Gasteiger partial charge in [-0.3, -0.25) is 14.0 Å². The second kappa shape index (κ2) is 3.15. The Morgan fingerprint density at radius 3 is 2.31 bits per heavy atom. The van der Waals surface area contributed by atoms with Crippen molar-refractivity contribution in [3.05, 3.63) is 17.7 Å². The van der Waals surface area contributed by atoms with E-state index in [0.29, 0.717) is 0 Å². The third-order valence-electron chi connectivity index (χ3n) is 1.96. The highest BCUT2D eigenvalue weighted by molar-refractivity contribution is 5.98. The summed E-state index contributed by atoms with van der Waals surface area (Å²) in [5.74, 6) is -1.62. The predicted molar refractivity (Wildman–Crippen MR) is 52.2 cm³/mol. The molecule has 0 bridgehead atoms. The molecule has 0 aliphatic carbocycles. The summed E-state index contributed by atoms with van der Waals surface area (Å²) < 4.78 is 1.22. The third kappa shape index (κ3) is 1.22. The highest BCUT2D eigenvalue weighted by Crippen LogP contribution is 2.12. The third-order valence-corrected chi connectivity index (χ3v) is 1.96. The Morgan fingerprint density at radius 2 is 1.75 bits per heavy atom. The van der Waals surface area contributed by atoms with Crippen LogP contribution in [-0.4, -0.2) is 31.4 Å². The fourth-order valence-corrected chi connectivity index (χ4v) is 1.23. The van der Waals surface area contributed by atoms with Crippen molar-refractivity contribution in [2.24, 2.45) is 11.5 Å². The van der Waals surface area contributed by atoms with E-state index in [-0.39, 0.29) is 22.9 Å². The molecular formula is C7H7N7O2. The average Bonchev–Trinajstić information content (AvgIpc) is 2.61. The Morgan fingerprint density at radius 1 is 1.12 bits per heavy atom. The number of carbonyl (C=O) groups is 2. The molecule has 0 fully saturated rings. The number of anilines is 1. The molecule has 9 nitrogen and oxygen atoms in total. The number of fused-ring (bicyclic) bond motifs is 1. The van der Waals surface area contributed by atoms with Gasteiger partial charge >= 0.3 is 0 Å². The van der Waals surface area contributed by atoms with E-state index in [2.05, 4.69) is 15.2 Å². The van der Waals surface area contributed by atoms with Crippen molar-refractivity contribution in [1.82, 2.24) is 19.6 Å². The number of hydrogen-bond donors (Lipinski definition) is 3. The molecule has 6 N–H and O–H groups in total. The number of nitrogens with zero attached hydrogens (tertiary/aromatic N) is 4. The van der Waals surface area contributed by atoms with Crippen LogP contribution in [0.4, 0.5) is 5.82 Å². The number of nitrogens with two attached hydrogens (primary N) is 3. The van der Waals surface area contributed by atoms with Crippen LogP contribution in [0.3, 0.4) is 0 Å². The van der Waals surface area contributed by atoms with Crippen LogP contribution in [-0.2, 0) is 0 Å². The van der Waals surface area contributed by atoms with Crippen LogP contribution < -0.4 is 17.2 Å². The summed E-state index contributed by atoms with van der Waals surface area (Å²) in [6.07, 6.45) is 1.21. The molecule has 0 aliphatic heterocycles. The van der Waals surface area contributed by atoms with E-state index in [1.807, 2.05) is 0 Å². The fraction of sp³-hybridized carbons (Fsp3) is 0. The first-order valence-corrected chi connectivity index (χ1v) is 4.11. The molecule has 0 aromatic carbocycles. The fourth-order valence-electron chi connectivity index (χ4n) is 1.23. The average molecular weight is 221 g/mol. The molecule has 2 heterocycles. The van der Waals surface area contributed by atoms with E-state index in [9.17, 15) is 9.59 Å². The summed E-state index contributed by atoms with van der Waals surface area (Å²) in [5.41, 5.74) is 15.5. The van der Waals surface area contributed by atoms with E-state index in [1.165, 1.54) is 10.7 Å². The van der Waals surface area contributed by atoms with Crippen molar-refractivity contribution in [3.8, 4) is 0 Å². The van der Waals surface area contributed by atoms with Gasteiger partial charge in [0.25, 0.3) is 11.8 Å². The first kappa shape index (κ1) is 9.83. The Bertz CT molecular complexity index is 602. The molecule has 16 heavy (non-hydrogen) atoms. The standard InChI is InChI=1S/C7H7N7O2/c8-4-2(5(9)15)12-13-7-3(6(10)16)11-1-14(4)7/h1H,8H2,(H2,9,15)(H2,10,16). The Hall–Kier alpha value is -2.71. The number of rotatable bonds is 2. The van der Waals surface area contributed by atoms with Crippen molar-refractivity contribution in [2.45, 2.75) is 0 Å². The molecule has 0 atom stereocenters. The van der Waals surface area contributed by atoms with Gasteiger partial charge in [0.05, 0.1) is 0 Å². The van der Waals surface area contributed by atoms with Crippen molar-refractivity contribution in [1.29, 1.82) is 0 Å². The quantitative estimate of drug-likeness (QED) is 0.527. The molecule has 0 saturated heterocycles. The zero-order valence-corrected chi connectivity index (χ0v) is 7.91. The molecule has 0 spiro atoms. The van der Waals surface area contributed by atoms with Gasteiger partial charge in [-0.1, -0.05) is 0 Å². The van der Waals surface area contributed by atoms with Crippen molar-refractivity contribution in [3.63, 3.8) is 0 Å². The Kier molecular flexibility index (Phi) is 1.94. The van der Waals surface area contributed by atoms with Gasteiger partial charge in [-0.05, 0) is 0 Å². The Labute approximate surface area is 88.2 Å². The molecule has 0 radical (unpaired) electrons. The molecular weight excluding hydrogens is 214 g/mol. The first-order chi connectivity index (χ1) is 7.52. The van der Waals surface area contributed by atoms with Crippen LogP contribution >= 0.6 is 0 Å². The van der Waals surface area contributed by atoms with Gasteiger partial charge in [0.15, 0.2) is 17.0 Å². The number of hydrogen-bond acceptors (Lipinski definition) is 6. The smallest absolute Gasteiger partial charge is 0.273 e. The normalized spacial score (nSPS) is 10.5. The van der Waals surface area contributed by atoms with Crippen molar-refractivity contribution >= 4 is 23.3 Å². The lowest BCUT2D eigenvalue weighted by molar-refractivity contribution is 0.0989. The zero-order valence-electron chi connectivity index (χ0n) is 7.91. The van der Waals surface area contributed by atoms with Crippen LogP contribution in [0, 0.1) is 0 Å². The van der Waals surface area contributed by atoms with Crippen LogP contribution in [0.1, 0.15) is 21.0 Å². The molecule has 82 valence electrons. The zero-order chi connectivity index (χ0) is 11.9. The minimum absolute atomic E-state index is 0.0440. The lowest BCUT2D eigenvalue weighted by atomic mass is 10.4. The van der Waals surface area contributed by atoms with E-state index < -0.39 is 11.8 Å². The predicted octanol–water partition coefficient (Wildman–Crippen LogP) is -2.10. The summed E-state index contributed by atoms with van der Waals surface area (Å²) in [6.45, 7) is 0. The number of aromatic nitrogens is 4. The van der Waals surface area contributed by atoms with Crippen LogP contribution in [0.25, 0.3) is 5.65 Å². The van der Waals surface area contributed by atoms with Gasteiger partial charge in [-0.15, -0.1) is 10.2 Å². The molecule has 9 heteroatoms. The Balaban J connectivity index is 2.78. The monoisotopic (exact) mass is 221 g/mol. The number of carbonyl (C=O) groups excluding carboxylic acids is 2. The first-order valence-electron chi connectivity index (χ1n) is 4.11. The van der Waals surface area contributed by atoms with Gasteiger partial charge in [-0.2, -0.15) is 0 Å². The number of imidazole rings is 1. The van der Waals surface area contributed by atoms with E-state index in [1.54, 1.807) is 0 Å². The largest absolute Gasteiger partial charge is 0.383 e. The number of nitrogen functional groups attached to an aromatic ring is 1. The molecule has 2 aromatic heterocycles. The van der Waals surface area contributed by atoms with Gasteiger partial charge in [0, 0.05) is 0 Å². The number of amides is 2. The maximum Gasteiger partial charge on any atom is 0.273 e. The molecule has 2 rings (SSSR count). The molecule has 2 aromatic rings. The van der Waals surface area contributed by atoms with Gasteiger partial charge in [0.2, 0.25) is 0 Å². The SMILES string of the molecule is NC(=O)c1nnc2c(C(N)=O)ncn2c1N. The van der Waals surface area contributed by atoms with Gasteiger partial charge < -0.3 is 17.2 Å². The van der Waals surface area contributed by atoms with Crippen LogP contribution in [0.2, 0.25) is 0 Å². The number of primary amides is 2. The van der Waals surface area contributed by atoms with E-state index >= 15 is 0 Å². The summed E-state index contributed by atoms with van der Waals surface area (Å²) in [6, 6.07) is 0. The van der Waals surface area contributed by atoms with Crippen molar-refractivity contribution in [2.75, 3.05) is 5.73 Å². The van der Waals surface area contributed by atoms with Crippen LogP contribution in [0.5, 0.6) is 0 Å². The molecule has 2 amide bonds. The summed E-state index contributed by atoms with van der Waals surface area (Å²) in [4.78, 5) is 25.6. The summed E-state index contributed by atoms with van der Waals surface area (Å²) in [5, 5.41) is 7.12. The summed E-state index contributed by atoms with van der Waals surface area (Å²) >= 11 is 0. The summed E-state index contributed by atoms with van der Waals surface area (Å²) in [7, 11) is 0. The van der Waals surface area contributed by atoms with Crippen molar-refractivity contribution < 1.29 is 9.59 Å². The topological polar surface area (TPSA) is 155 Å². The lowest BCUT2D eigenvalue weighted by Gasteiger charge is -2.02. The minimum Gasteiger partial charge on any atom is -0.383 e. The highest BCUT2D eigenvalue weighted by Gasteiger charge is 2.17. The molecule has 0 aliphatic rings. The maximum absolute atomic E-state index is 11.0. The molecule has 0 unspecified atom stereocenters. The minimum atomic E-state index is -0.818. The molecule has 0 saturated carbocycles. The van der Waals surface area contributed by atoms with E-state index in [0.717, 1.165) is 0 Å².